The molecule has 2 atom stereocenters. The van der Waals surface area contributed by atoms with Crippen LogP contribution >= 0.6 is 0 Å². The van der Waals surface area contributed by atoms with Gasteiger partial charge in [-0.2, -0.15) is 0 Å². The molecule has 1 aliphatic heterocycles. The second-order valence-corrected chi connectivity index (χ2v) is 5.76. The van der Waals surface area contributed by atoms with Gasteiger partial charge in [0.25, 0.3) is 0 Å². The van der Waals surface area contributed by atoms with E-state index in [0.717, 1.165) is 13.1 Å². The molecule has 0 aromatic heterocycles. The molecule has 0 aliphatic carbocycles. The average molecular weight is 228 g/mol. The van der Waals surface area contributed by atoms with Crippen molar-refractivity contribution in [3.05, 3.63) is 0 Å². The van der Waals surface area contributed by atoms with E-state index in [9.17, 15) is 0 Å². The molecule has 1 fully saturated rings. The maximum Gasteiger partial charge on any atom is 0.0757 e. The van der Waals surface area contributed by atoms with E-state index < -0.39 is 0 Å². The summed E-state index contributed by atoms with van der Waals surface area (Å²) in [6.07, 6.45) is 2.89. The van der Waals surface area contributed by atoms with Crippen LogP contribution < -0.4 is 5.32 Å². The molecule has 0 saturated carbocycles. The van der Waals surface area contributed by atoms with Gasteiger partial charge in [-0.05, 0) is 54.1 Å². The van der Waals surface area contributed by atoms with Gasteiger partial charge in [-0.15, -0.1) is 0 Å². The molecule has 0 radical (unpaired) electrons. The normalized spacial score (nSPS) is 27.9. The third-order valence-corrected chi connectivity index (χ3v) is 3.24. The maximum atomic E-state index is 5.90. The van der Waals surface area contributed by atoms with Gasteiger partial charge >= 0.3 is 0 Å². The van der Waals surface area contributed by atoms with Crippen molar-refractivity contribution >= 4 is 0 Å². The Hall–Kier alpha value is -0.120. The lowest BCUT2D eigenvalue weighted by Crippen LogP contribution is -2.52. The number of nitrogens with zero attached hydrogens (tertiary/aromatic N) is 1. The standard InChI is InChI=1S/C13H28N2O/c1-11(14-5)7-6-8-15-9-12(2)16-13(3,4)10-15/h11-12,14H,6-10H2,1-5H3. The van der Waals surface area contributed by atoms with Crippen LogP contribution in [0.1, 0.15) is 40.5 Å². The molecule has 1 N–H and O–H groups in total. The van der Waals surface area contributed by atoms with Gasteiger partial charge in [0.2, 0.25) is 0 Å². The van der Waals surface area contributed by atoms with Crippen molar-refractivity contribution in [1.82, 2.24) is 10.2 Å². The molecule has 2 unspecified atom stereocenters. The zero-order chi connectivity index (χ0) is 12.2. The van der Waals surface area contributed by atoms with Crippen LogP contribution in [0.2, 0.25) is 0 Å². The van der Waals surface area contributed by atoms with Gasteiger partial charge < -0.3 is 10.1 Å². The summed E-state index contributed by atoms with van der Waals surface area (Å²) in [7, 11) is 2.03. The molecular weight excluding hydrogens is 200 g/mol. The van der Waals surface area contributed by atoms with Crippen molar-refractivity contribution in [3.8, 4) is 0 Å². The Morgan fingerprint density at radius 2 is 2.19 bits per heavy atom. The highest BCUT2D eigenvalue weighted by molar-refractivity contribution is 4.82. The van der Waals surface area contributed by atoms with Crippen LogP contribution in [-0.2, 0) is 4.74 Å². The highest BCUT2D eigenvalue weighted by atomic mass is 16.5. The number of hydrogen-bond acceptors (Lipinski definition) is 3. The van der Waals surface area contributed by atoms with Crippen LogP contribution in [0.5, 0.6) is 0 Å². The summed E-state index contributed by atoms with van der Waals surface area (Å²) >= 11 is 0. The third-order valence-electron chi connectivity index (χ3n) is 3.24. The fourth-order valence-corrected chi connectivity index (χ4v) is 2.52. The summed E-state index contributed by atoms with van der Waals surface area (Å²) < 4.78 is 5.90. The third kappa shape index (κ3) is 4.81. The van der Waals surface area contributed by atoms with E-state index in [0.29, 0.717) is 12.1 Å². The molecule has 16 heavy (non-hydrogen) atoms. The highest BCUT2D eigenvalue weighted by Crippen LogP contribution is 2.20. The lowest BCUT2D eigenvalue weighted by atomic mass is 10.0. The molecule has 3 nitrogen and oxygen atoms in total. The SMILES string of the molecule is CNC(C)CCCN1CC(C)OC(C)(C)C1. The van der Waals surface area contributed by atoms with E-state index in [1.54, 1.807) is 0 Å². The van der Waals surface area contributed by atoms with Crippen molar-refractivity contribution < 1.29 is 4.74 Å². The largest absolute Gasteiger partial charge is 0.370 e. The molecule has 0 aromatic carbocycles. The van der Waals surface area contributed by atoms with Crippen molar-refractivity contribution in [3.63, 3.8) is 0 Å². The van der Waals surface area contributed by atoms with Crippen LogP contribution in [0.15, 0.2) is 0 Å². The number of hydrogen-bond donors (Lipinski definition) is 1. The zero-order valence-electron chi connectivity index (χ0n) is 11.5. The van der Waals surface area contributed by atoms with E-state index in [4.69, 9.17) is 4.74 Å². The van der Waals surface area contributed by atoms with E-state index in [-0.39, 0.29) is 5.60 Å². The van der Waals surface area contributed by atoms with Crippen LogP contribution in [0.25, 0.3) is 0 Å². The Balaban J connectivity index is 2.26. The Morgan fingerprint density at radius 1 is 1.50 bits per heavy atom. The minimum atomic E-state index is 0.0201. The summed E-state index contributed by atoms with van der Waals surface area (Å²) in [6.45, 7) is 12.1. The molecule has 96 valence electrons. The lowest BCUT2D eigenvalue weighted by molar-refractivity contribution is -0.128. The second-order valence-electron chi connectivity index (χ2n) is 5.76. The Kier molecular flexibility index (Phi) is 5.22. The van der Waals surface area contributed by atoms with E-state index in [2.05, 4.69) is 37.9 Å². The first kappa shape index (κ1) is 13.9. The van der Waals surface area contributed by atoms with Gasteiger partial charge in [-0.1, -0.05) is 0 Å². The predicted octanol–water partition coefficient (Wildman–Crippen LogP) is 1.87. The summed E-state index contributed by atoms with van der Waals surface area (Å²) in [5.41, 5.74) is 0.0201. The van der Waals surface area contributed by atoms with E-state index >= 15 is 0 Å². The minimum Gasteiger partial charge on any atom is -0.370 e. The molecule has 0 amide bonds. The van der Waals surface area contributed by atoms with E-state index in [1.807, 2.05) is 7.05 Å². The van der Waals surface area contributed by atoms with Crippen molar-refractivity contribution in [1.29, 1.82) is 0 Å². The summed E-state index contributed by atoms with van der Waals surface area (Å²) in [5.74, 6) is 0. The Bertz CT molecular complexity index is 206. The first-order valence-electron chi connectivity index (χ1n) is 6.50. The van der Waals surface area contributed by atoms with Gasteiger partial charge in [0.15, 0.2) is 0 Å². The minimum absolute atomic E-state index is 0.0201. The second kappa shape index (κ2) is 5.99. The molecule has 0 aromatic rings. The van der Waals surface area contributed by atoms with Crippen LogP contribution in [0.4, 0.5) is 0 Å². The number of ether oxygens (including phenoxy) is 1. The topological polar surface area (TPSA) is 24.5 Å². The maximum absolute atomic E-state index is 5.90. The fraction of sp³-hybridized carbons (Fsp3) is 1.00. The summed E-state index contributed by atoms with van der Waals surface area (Å²) in [5, 5.41) is 3.28. The first-order chi connectivity index (χ1) is 7.43. The van der Waals surface area contributed by atoms with Gasteiger partial charge in [-0.25, -0.2) is 0 Å². The fourth-order valence-electron chi connectivity index (χ4n) is 2.52. The zero-order valence-corrected chi connectivity index (χ0v) is 11.5. The molecule has 0 bridgehead atoms. The molecule has 1 aliphatic rings. The smallest absolute Gasteiger partial charge is 0.0757 e. The first-order valence-corrected chi connectivity index (χ1v) is 6.50. The summed E-state index contributed by atoms with van der Waals surface area (Å²) in [6, 6.07) is 0.631. The Labute approximate surface area is 101 Å². The molecule has 0 spiro atoms. The van der Waals surface area contributed by atoms with Crippen LogP contribution in [0.3, 0.4) is 0 Å². The van der Waals surface area contributed by atoms with Crippen LogP contribution in [0, 0.1) is 0 Å². The van der Waals surface area contributed by atoms with Gasteiger partial charge in [0.1, 0.15) is 0 Å². The molecule has 1 heterocycles. The molecule has 1 rings (SSSR count). The highest BCUT2D eigenvalue weighted by Gasteiger charge is 2.30. The monoisotopic (exact) mass is 228 g/mol. The molecule has 1 saturated heterocycles. The number of nitrogens with one attached hydrogen (secondary N) is 1. The van der Waals surface area contributed by atoms with Crippen molar-refractivity contribution in [2.45, 2.75) is 58.3 Å². The quantitative estimate of drug-likeness (QED) is 0.777. The van der Waals surface area contributed by atoms with Crippen molar-refractivity contribution in [2.75, 3.05) is 26.7 Å². The average Bonchev–Trinajstić information content (AvgIpc) is 2.14. The van der Waals surface area contributed by atoms with Gasteiger partial charge in [0, 0.05) is 19.1 Å². The molecule has 3 heteroatoms. The molecular formula is C13H28N2O. The van der Waals surface area contributed by atoms with Crippen molar-refractivity contribution in [2.24, 2.45) is 0 Å². The van der Waals surface area contributed by atoms with Crippen LogP contribution in [-0.4, -0.2) is 49.3 Å². The Morgan fingerprint density at radius 3 is 2.75 bits per heavy atom. The lowest BCUT2D eigenvalue weighted by Gasteiger charge is -2.41. The van der Waals surface area contributed by atoms with Gasteiger partial charge in [0.05, 0.1) is 11.7 Å². The van der Waals surface area contributed by atoms with Gasteiger partial charge in [-0.3, -0.25) is 4.90 Å². The summed E-state index contributed by atoms with van der Waals surface area (Å²) in [4.78, 5) is 2.54. The van der Waals surface area contributed by atoms with E-state index in [1.165, 1.54) is 19.4 Å². The number of morpholine rings is 1. The predicted molar refractivity (Wildman–Crippen MR) is 68.8 cm³/mol. The number of rotatable bonds is 5.